The monoisotopic (exact) mass is 396 g/mol. The maximum absolute atomic E-state index is 12.4. The number of piperazine rings is 1. The van der Waals surface area contributed by atoms with Gasteiger partial charge in [0.15, 0.2) is 0 Å². The van der Waals surface area contributed by atoms with Gasteiger partial charge in [0, 0.05) is 11.3 Å². The molecule has 1 aliphatic heterocycles. The van der Waals surface area contributed by atoms with Crippen LogP contribution in [0.4, 0.5) is 5.69 Å². The van der Waals surface area contributed by atoms with Crippen molar-refractivity contribution in [1.29, 1.82) is 0 Å². The summed E-state index contributed by atoms with van der Waals surface area (Å²) in [5, 5.41) is 5.57. The van der Waals surface area contributed by atoms with E-state index in [4.69, 9.17) is 0 Å². The molecular weight excluding hydrogens is 364 g/mol. The van der Waals surface area contributed by atoms with Crippen LogP contribution in [-0.4, -0.2) is 51.6 Å². The fraction of sp³-hybridized carbons (Fsp3) is 0.391. The van der Waals surface area contributed by atoms with E-state index in [1.807, 2.05) is 25.1 Å². The summed E-state index contributed by atoms with van der Waals surface area (Å²) in [6, 6.07) is 16.1. The van der Waals surface area contributed by atoms with Crippen LogP contribution in [0.1, 0.15) is 22.7 Å². The Balaban J connectivity index is 1.65. The number of quaternary nitrogens is 2. The highest BCUT2D eigenvalue weighted by Crippen LogP contribution is 2.13. The van der Waals surface area contributed by atoms with Crippen molar-refractivity contribution in [3.05, 3.63) is 65.2 Å². The number of carbonyl (C=O) groups excluding carboxylic acids is 2. The number of rotatable bonds is 5. The molecule has 1 fully saturated rings. The highest BCUT2D eigenvalue weighted by molar-refractivity contribution is 6.39. The Morgan fingerprint density at radius 3 is 2.24 bits per heavy atom. The minimum atomic E-state index is -0.625. The third-order valence-corrected chi connectivity index (χ3v) is 5.78. The Kier molecular flexibility index (Phi) is 7.01. The van der Waals surface area contributed by atoms with E-state index in [1.165, 1.54) is 20.9 Å². The van der Waals surface area contributed by atoms with Gasteiger partial charge in [0.25, 0.3) is 0 Å². The lowest BCUT2D eigenvalue weighted by Crippen LogP contribution is -3.27. The summed E-state index contributed by atoms with van der Waals surface area (Å²) in [7, 11) is 2.22. The highest BCUT2D eigenvalue weighted by atomic mass is 16.2. The number of hydrogen-bond donors (Lipinski definition) is 4. The molecule has 29 heavy (non-hydrogen) atoms. The van der Waals surface area contributed by atoms with E-state index in [2.05, 4.69) is 48.9 Å². The van der Waals surface area contributed by atoms with Crippen LogP contribution in [0.25, 0.3) is 0 Å². The summed E-state index contributed by atoms with van der Waals surface area (Å²) in [6.45, 7) is 8.74. The first-order valence-corrected chi connectivity index (χ1v) is 10.3. The normalized spacial score (nSPS) is 20.0. The third-order valence-electron chi connectivity index (χ3n) is 5.78. The first-order valence-electron chi connectivity index (χ1n) is 10.3. The maximum Gasteiger partial charge on any atom is 0.313 e. The van der Waals surface area contributed by atoms with Gasteiger partial charge in [-0.2, -0.15) is 0 Å². The van der Waals surface area contributed by atoms with Gasteiger partial charge in [-0.25, -0.2) is 0 Å². The average Bonchev–Trinajstić information content (AvgIpc) is 2.72. The second kappa shape index (κ2) is 9.67. The molecule has 3 rings (SSSR count). The minimum absolute atomic E-state index is 0.138. The molecule has 1 aliphatic rings. The van der Waals surface area contributed by atoms with Crippen LogP contribution in [0.2, 0.25) is 0 Å². The fourth-order valence-electron chi connectivity index (χ4n) is 3.81. The van der Waals surface area contributed by atoms with Crippen LogP contribution < -0.4 is 20.4 Å². The van der Waals surface area contributed by atoms with Crippen LogP contribution in [0.3, 0.4) is 0 Å². The Labute approximate surface area is 172 Å². The number of anilines is 1. The topological polar surface area (TPSA) is 67.1 Å². The first-order chi connectivity index (χ1) is 13.9. The molecule has 0 saturated carbocycles. The number of aryl methyl sites for hydroxylation is 2. The minimum Gasteiger partial charge on any atom is -0.341 e. The van der Waals surface area contributed by atoms with Crippen molar-refractivity contribution in [3.8, 4) is 0 Å². The number of carbonyl (C=O) groups is 2. The van der Waals surface area contributed by atoms with Crippen molar-refractivity contribution in [1.82, 2.24) is 5.32 Å². The molecular formula is C23H32N4O2+2. The van der Waals surface area contributed by atoms with E-state index < -0.39 is 11.8 Å². The Morgan fingerprint density at radius 2 is 1.59 bits per heavy atom. The molecule has 0 spiro atoms. The van der Waals surface area contributed by atoms with Gasteiger partial charge in [-0.1, -0.05) is 48.0 Å². The van der Waals surface area contributed by atoms with Crippen molar-refractivity contribution < 1.29 is 19.4 Å². The van der Waals surface area contributed by atoms with E-state index in [0.29, 0.717) is 12.2 Å². The van der Waals surface area contributed by atoms with Crippen LogP contribution in [-0.2, 0) is 9.59 Å². The zero-order valence-electron chi connectivity index (χ0n) is 17.5. The Morgan fingerprint density at radius 1 is 0.931 bits per heavy atom. The molecule has 0 radical (unpaired) electrons. The van der Waals surface area contributed by atoms with Crippen LogP contribution in [0.15, 0.2) is 48.5 Å². The summed E-state index contributed by atoms with van der Waals surface area (Å²) < 4.78 is 0. The van der Waals surface area contributed by atoms with Gasteiger partial charge < -0.3 is 20.4 Å². The standard InChI is InChI=1S/C23H30N4O2/c1-17-8-10-19(11-9-17)21(27-14-12-26(3)13-15-27)16-24-22(28)23(29)25-20-7-5-4-6-18(20)2/h4-11,21H,12-16H2,1-3H3,(H,24,28)(H,25,29)/p+2/t21-/m0/s1. The summed E-state index contributed by atoms with van der Waals surface area (Å²) in [6.07, 6.45) is 0. The quantitative estimate of drug-likeness (QED) is 0.516. The van der Waals surface area contributed by atoms with Gasteiger partial charge in [0.2, 0.25) is 0 Å². The first kappa shape index (κ1) is 21.0. The maximum atomic E-state index is 12.4. The lowest BCUT2D eigenvalue weighted by atomic mass is 10.0. The Bertz CT molecular complexity index is 842. The van der Waals surface area contributed by atoms with Gasteiger partial charge >= 0.3 is 11.8 Å². The molecule has 1 atom stereocenters. The summed E-state index contributed by atoms with van der Waals surface area (Å²) in [5.41, 5.74) is 4.00. The van der Waals surface area contributed by atoms with Crippen molar-refractivity contribution in [3.63, 3.8) is 0 Å². The predicted molar refractivity (Wildman–Crippen MR) is 114 cm³/mol. The lowest BCUT2D eigenvalue weighted by molar-refractivity contribution is -1.02. The predicted octanol–water partition coefficient (Wildman–Crippen LogP) is -0.487. The molecule has 6 nitrogen and oxygen atoms in total. The second-order valence-corrected chi connectivity index (χ2v) is 8.06. The number of amides is 2. The number of nitrogens with one attached hydrogen (secondary N) is 4. The van der Waals surface area contributed by atoms with E-state index in [1.54, 1.807) is 6.07 Å². The van der Waals surface area contributed by atoms with Gasteiger partial charge in [-0.3, -0.25) is 9.59 Å². The number of benzene rings is 2. The van der Waals surface area contributed by atoms with Gasteiger partial charge in [-0.15, -0.1) is 0 Å². The van der Waals surface area contributed by atoms with Crippen molar-refractivity contribution >= 4 is 17.5 Å². The van der Waals surface area contributed by atoms with E-state index >= 15 is 0 Å². The van der Waals surface area contributed by atoms with Crippen LogP contribution >= 0.6 is 0 Å². The average molecular weight is 397 g/mol. The number of hydrogen-bond acceptors (Lipinski definition) is 2. The zero-order chi connectivity index (χ0) is 20.8. The van der Waals surface area contributed by atoms with Gasteiger partial charge in [0.1, 0.15) is 32.2 Å². The molecule has 0 unspecified atom stereocenters. The van der Waals surface area contributed by atoms with E-state index in [0.717, 1.165) is 31.7 Å². The molecule has 6 heteroatoms. The molecule has 0 bridgehead atoms. The molecule has 2 amide bonds. The highest BCUT2D eigenvalue weighted by Gasteiger charge is 2.30. The molecule has 4 N–H and O–H groups in total. The van der Waals surface area contributed by atoms with E-state index in [9.17, 15) is 9.59 Å². The molecule has 1 saturated heterocycles. The Hall–Kier alpha value is -2.70. The molecule has 2 aromatic rings. The van der Waals surface area contributed by atoms with Crippen LogP contribution in [0, 0.1) is 13.8 Å². The zero-order valence-corrected chi connectivity index (χ0v) is 17.5. The molecule has 1 heterocycles. The molecule has 0 aromatic heterocycles. The van der Waals surface area contributed by atoms with Crippen molar-refractivity contribution in [2.45, 2.75) is 19.9 Å². The second-order valence-electron chi connectivity index (χ2n) is 8.06. The largest absolute Gasteiger partial charge is 0.341 e. The fourth-order valence-corrected chi connectivity index (χ4v) is 3.81. The summed E-state index contributed by atoms with van der Waals surface area (Å²) in [5.74, 6) is -1.22. The molecule has 2 aromatic carbocycles. The summed E-state index contributed by atoms with van der Waals surface area (Å²) >= 11 is 0. The lowest BCUT2D eigenvalue weighted by Gasteiger charge is -2.33. The SMILES string of the molecule is Cc1ccc([C@H](CNC(=O)C(=O)Nc2ccccc2C)[NH+]2CC[NH+](C)CC2)cc1. The van der Waals surface area contributed by atoms with Crippen molar-refractivity contribution in [2.75, 3.05) is 45.1 Å². The van der Waals surface area contributed by atoms with Gasteiger partial charge in [0.05, 0.1) is 13.6 Å². The van der Waals surface area contributed by atoms with Crippen molar-refractivity contribution in [2.24, 2.45) is 0 Å². The number of likely N-dealkylation sites (N-methyl/N-ethyl adjacent to an activating group) is 1. The van der Waals surface area contributed by atoms with Crippen LogP contribution in [0.5, 0.6) is 0 Å². The summed E-state index contributed by atoms with van der Waals surface area (Å²) in [4.78, 5) is 27.8. The van der Waals surface area contributed by atoms with E-state index in [-0.39, 0.29) is 6.04 Å². The number of para-hydroxylation sites is 1. The third kappa shape index (κ3) is 5.65. The smallest absolute Gasteiger partial charge is 0.313 e. The molecule has 154 valence electrons. The van der Waals surface area contributed by atoms with Gasteiger partial charge in [-0.05, 0) is 25.5 Å². The molecule has 0 aliphatic carbocycles.